The first-order chi connectivity index (χ1) is 13.0. The van der Waals surface area contributed by atoms with Gasteiger partial charge in [-0.3, -0.25) is 4.79 Å². The van der Waals surface area contributed by atoms with Gasteiger partial charge in [0, 0.05) is 24.4 Å². The number of rotatable bonds is 7. The monoisotopic (exact) mass is 366 g/mol. The summed E-state index contributed by atoms with van der Waals surface area (Å²) < 4.78 is 1.68. The fraction of sp³-hybridized carbons (Fsp3) is 0.278. The predicted molar refractivity (Wildman–Crippen MR) is 103 cm³/mol. The van der Waals surface area contributed by atoms with Crippen LogP contribution in [0.4, 0.5) is 17.2 Å². The van der Waals surface area contributed by atoms with Crippen LogP contribution < -0.4 is 16.8 Å². The van der Waals surface area contributed by atoms with Crippen molar-refractivity contribution in [1.29, 1.82) is 0 Å². The third-order valence-electron chi connectivity index (χ3n) is 4.01. The highest BCUT2D eigenvalue weighted by atomic mass is 16.1. The summed E-state index contributed by atoms with van der Waals surface area (Å²) in [7, 11) is 0. The molecular formula is C18H22N8O. The molecule has 0 saturated heterocycles. The fourth-order valence-corrected chi connectivity index (χ4v) is 2.59. The summed E-state index contributed by atoms with van der Waals surface area (Å²) in [6, 6.07) is 7.18. The Morgan fingerprint density at radius 2 is 2.07 bits per heavy atom. The number of aryl methyl sites for hydroxylation is 2. The normalized spacial score (nSPS) is 10.7. The van der Waals surface area contributed by atoms with Gasteiger partial charge in [0.05, 0.1) is 23.6 Å². The molecule has 1 amide bonds. The van der Waals surface area contributed by atoms with Gasteiger partial charge in [0.1, 0.15) is 11.6 Å². The number of hydrogen-bond donors (Lipinski definition) is 3. The summed E-state index contributed by atoms with van der Waals surface area (Å²) in [5.41, 5.74) is 14.5. The van der Waals surface area contributed by atoms with Crippen LogP contribution in [-0.2, 0) is 17.8 Å². The van der Waals surface area contributed by atoms with E-state index in [-0.39, 0.29) is 5.91 Å². The van der Waals surface area contributed by atoms with Crippen molar-refractivity contribution in [3.63, 3.8) is 0 Å². The van der Waals surface area contributed by atoms with Gasteiger partial charge in [-0.1, -0.05) is 17.3 Å². The molecule has 0 bridgehead atoms. The van der Waals surface area contributed by atoms with E-state index in [4.69, 9.17) is 11.5 Å². The van der Waals surface area contributed by atoms with Crippen LogP contribution in [0.2, 0.25) is 0 Å². The molecule has 9 nitrogen and oxygen atoms in total. The van der Waals surface area contributed by atoms with E-state index < -0.39 is 0 Å². The van der Waals surface area contributed by atoms with Gasteiger partial charge in [-0.25, -0.2) is 14.6 Å². The lowest BCUT2D eigenvalue weighted by molar-refractivity contribution is -0.116. The third kappa shape index (κ3) is 5.00. The van der Waals surface area contributed by atoms with Crippen LogP contribution in [0.5, 0.6) is 0 Å². The second-order valence-electron chi connectivity index (χ2n) is 6.22. The van der Waals surface area contributed by atoms with E-state index in [1.165, 1.54) is 0 Å². The number of nitrogens with two attached hydrogens (primary N) is 2. The molecule has 140 valence electrons. The number of anilines is 3. The van der Waals surface area contributed by atoms with Gasteiger partial charge in [-0.15, -0.1) is 5.10 Å². The van der Waals surface area contributed by atoms with Crippen LogP contribution in [-0.4, -0.2) is 30.9 Å². The molecule has 0 radical (unpaired) electrons. The van der Waals surface area contributed by atoms with Crippen LogP contribution in [0, 0.1) is 6.92 Å². The summed E-state index contributed by atoms with van der Waals surface area (Å²) in [6.45, 7) is 2.24. The van der Waals surface area contributed by atoms with Crippen molar-refractivity contribution < 1.29 is 4.79 Å². The third-order valence-corrected chi connectivity index (χ3v) is 4.01. The Morgan fingerprint density at radius 1 is 1.26 bits per heavy atom. The average Bonchev–Trinajstić information content (AvgIpc) is 3.07. The quantitative estimate of drug-likeness (QED) is 0.539. The molecule has 0 spiro atoms. The van der Waals surface area contributed by atoms with Gasteiger partial charge in [-0.2, -0.15) is 0 Å². The molecule has 5 N–H and O–H groups in total. The highest BCUT2D eigenvalue weighted by Crippen LogP contribution is 2.17. The van der Waals surface area contributed by atoms with Crippen LogP contribution in [0.15, 0.2) is 36.7 Å². The molecule has 27 heavy (non-hydrogen) atoms. The summed E-state index contributed by atoms with van der Waals surface area (Å²) >= 11 is 0. The van der Waals surface area contributed by atoms with E-state index in [0.29, 0.717) is 48.8 Å². The molecule has 2 heterocycles. The van der Waals surface area contributed by atoms with Crippen LogP contribution >= 0.6 is 0 Å². The van der Waals surface area contributed by atoms with Crippen LogP contribution in [0.25, 0.3) is 0 Å². The molecule has 1 aromatic carbocycles. The number of hydrogen-bond acceptors (Lipinski definition) is 7. The molecule has 0 aliphatic carbocycles. The van der Waals surface area contributed by atoms with Gasteiger partial charge in [0.2, 0.25) is 5.91 Å². The first-order valence-electron chi connectivity index (χ1n) is 8.62. The molecule has 0 aliphatic heterocycles. The summed E-state index contributed by atoms with van der Waals surface area (Å²) in [6.07, 6.45) is 5.22. The maximum Gasteiger partial charge on any atom is 0.224 e. The van der Waals surface area contributed by atoms with Crippen LogP contribution in [0.1, 0.15) is 29.9 Å². The van der Waals surface area contributed by atoms with Crippen molar-refractivity contribution in [2.75, 3.05) is 16.8 Å². The molecule has 0 fully saturated rings. The number of benzene rings is 1. The van der Waals surface area contributed by atoms with Crippen molar-refractivity contribution in [3.8, 4) is 0 Å². The number of nitrogens with one attached hydrogen (secondary N) is 1. The first-order valence-corrected chi connectivity index (χ1v) is 8.62. The zero-order chi connectivity index (χ0) is 19.2. The standard InChI is InChI=1S/C18H22N8O/c1-12-21-9-13(18(20)22-12)10-26-11-14(24-25-26)5-4-8-17(27)23-16-7-3-2-6-15(16)19/h2-3,6-7,9,11H,4-5,8,10,19H2,1H3,(H,23,27)(H2,20,21,22). The molecular weight excluding hydrogens is 344 g/mol. The predicted octanol–water partition coefficient (Wildman–Crippen LogP) is 1.55. The fourth-order valence-electron chi connectivity index (χ4n) is 2.59. The van der Waals surface area contributed by atoms with E-state index in [0.717, 1.165) is 11.3 Å². The molecule has 2 aromatic heterocycles. The largest absolute Gasteiger partial charge is 0.397 e. The molecule has 0 unspecified atom stereocenters. The van der Waals surface area contributed by atoms with E-state index in [1.54, 1.807) is 29.9 Å². The number of nitrogen functional groups attached to an aromatic ring is 2. The summed E-state index contributed by atoms with van der Waals surface area (Å²) in [5, 5.41) is 11.0. The molecule has 0 atom stereocenters. The maximum atomic E-state index is 12.0. The molecule has 3 aromatic rings. The van der Waals surface area contributed by atoms with Gasteiger partial charge in [0.15, 0.2) is 0 Å². The molecule has 3 rings (SSSR count). The van der Waals surface area contributed by atoms with E-state index in [9.17, 15) is 4.79 Å². The van der Waals surface area contributed by atoms with Crippen LogP contribution in [0.3, 0.4) is 0 Å². The van der Waals surface area contributed by atoms with Crippen molar-refractivity contribution in [2.24, 2.45) is 0 Å². The number of nitrogens with zero attached hydrogens (tertiary/aromatic N) is 5. The lowest BCUT2D eigenvalue weighted by Crippen LogP contribution is -2.12. The van der Waals surface area contributed by atoms with E-state index in [2.05, 4.69) is 25.6 Å². The Labute approximate surface area is 156 Å². The lowest BCUT2D eigenvalue weighted by atomic mass is 10.2. The zero-order valence-corrected chi connectivity index (χ0v) is 15.1. The smallest absolute Gasteiger partial charge is 0.224 e. The number of aromatic nitrogens is 5. The van der Waals surface area contributed by atoms with Crippen molar-refractivity contribution in [3.05, 3.63) is 53.7 Å². The van der Waals surface area contributed by atoms with Crippen molar-refractivity contribution in [2.45, 2.75) is 32.7 Å². The van der Waals surface area contributed by atoms with E-state index in [1.807, 2.05) is 18.3 Å². The molecule has 0 saturated carbocycles. The van der Waals surface area contributed by atoms with Gasteiger partial charge in [-0.05, 0) is 31.9 Å². The highest BCUT2D eigenvalue weighted by molar-refractivity contribution is 5.93. The average molecular weight is 366 g/mol. The Morgan fingerprint density at radius 3 is 2.85 bits per heavy atom. The summed E-state index contributed by atoms with van der Waals surface area (Å²) in [4.78, 5) is 20.3. The number of amides is 1. The van der Waals surface area contributed by atoms with Crippen molar-refractivity contribution >= 4 is 23.1 Å². The number of para-hydroxylation sites is 2. The SMILES string of the molecule is Cc1ncc(Cn2cc(CCCC(=O)Nc3ccccc3N)nn2)c(N)n1. The topological polar surface area (TPSA) is 138 Å². The summed E-state index contributed by atoms with van der Waals surface area (Å²) in [5.74, 6) is 0.993. The van der Waals surface area contributed by atoms with E-state index >= 15 is 0 Å². The Hall–Kier alpha value is -3.49. The Balaban J connectivity index is 1.48. The second-order valence-corrected chi connectivity index (χ2v) is 6.22. The minimum Gasteiger partial charge on any atom is -0.397 e. The van der Waals surface area contributed by atoms with Gasteiger partial charge >= 0.3 is 0 Å². The molecule has 0 aliphatic rings. The van der Waals surface area contributed by atoms with Gasteiger partial charge < -0.3 is 16.8 Å². The highest BCUT2D eigenvalue weighted by Gasteiger charge is 2.08. The lowest BCUT2D eigenvalue weighted by Gasteiger charge is -2.07. The minimum atomic E-state index is -0.0788. The van der Waals surface area contributed by atoms with Crippen molar-refractivity contribution in [1.82, 2.24) is 25.0 Å². The molecule has 9 heteroatoms. The first kappa shape index (κ1) is 18.3. The number of carbonyl (C=O) groups excluding carboxylic acids is 1. The number of carbonyl (C=O) groups is 1. The second kappa shape index (κ2) is 8.26. The Bertz CT molecular complexity index is 937. The zero-order valence-electron chi connectivity index (χ0n) is 15.1. The maximum absolute atomic E-state index is 12.0. The minimum absolute atomic E-state index is 0.0788. The Kier molecular flexibility index (Phi) is 5.60. The van der Waals surface area contributed by atoms with Gasteiger partial charge in [0.25, 0.3) is 0 Å².